The molecule has 0 aliphatic rings. The molecule has 0 spiro atoms. The first-order chi connectivity index (χ1) is 8.49. The Kier molecular flexibility index (Phi) is 3.69. The molecule has 94 valence electrons. The maximum Gasteiger partial charge on any atom is 0.126 e. The van der Waals surface area contributed by atoms with E-state index in [2.05, 4.69) is 0 Å². The van der Waals surface area contributed by atoms with Gasteiger partial charge in [-0.2, -0.15) is 0 Å². The third-order valence-corrected chi connectivity index (χ3v) is 3.37. The van der Waals surface area contributed by atoms with E-state index in [4.69, 9.17) is 17.3 Å². The van der Waals surface area contributed by atoms with Crippen molar-refractivity contribution in [2.45, 2.75) is 19.9 Å². The molecular formula is C15H15ClFN. The summed E-state index contributed by atoms with van der Waals surface area (Å²) in [5.41, 5.74) is 9.52. The van der Waals surface area contributed by atoms with E-state index in [9.17, 15) is 4.39 Å². The molecule has 2 aromatic carbocycles. The second-order valence-electron chi connectivity index (χ2n) is 4.49. The molecule has 1 nitrogen and oxygen atoms in total. The van der Waals surface area contributed by atoms with E-state index in [1.165, 1.54) is 6.07 Å². The minimum atomic E-state index is -0.362. The first-order valence-electron chi connectivity index (χ1n) is 5.76. The number of halogens is 2. The molecule has 1 atom stereocenters. The zero-order valence-electron chi connectivity index (χ0n) is 10.4. The van der Waals surface area contributed by atoms with Crippen molar-refractivity contribution < 1.29 is 4.39 Å². The molecule has 0 amide bonds. The van der Waals surface area contributed by atoms with Crippen molar-refractivity contribution in [3.63, 3.8) is 0 Å². The smallest absolute Gasteiger partial charge is 0.126 e. The van der Waals surface area contributed by atoms with Crippen molar-refractivity contribution >= 4 is 11.6 Å². The summed E-state index contributed by atoms with van der Waals surface area (Å²) in [5.74, 6) is -0.234. The van der Waals surface area contributed by atoms with Crippen LogP contribution in [0.2, 0.25) is 5.02 Å². The van der Waals surface area contributed by atoms with Crippen molar-refractivity contribution in [1.29, 1.82) is 0 Å². The maximum atomic E-state index is 13.6. The van der Waals surface area contributed by atoms with E-state index in [0.29, 0.717) is 10.6 Å². The number of hydrogen-bond acceptors (Lipinski definition) is 1. The molecule has 3 heteroatoms. The summed E-state index contributed by atoms with van der Waals surface area (Å²) in [7, 11) is 0. The van der Waals surface area contributed by atoms with Crippen LogP contribution in [0.25, 0.3) is 0 Å². The van der Waals surface area contributed by atoms with Crippen LogP contribution in [0.5, 0.6) is 0 Å². The van der Waals surface area contributed by atoms with Crippen LogP contribution in [0.15, 0.2) is 36.4 Å². The third kappa shape index (κ3) is 2.55. The van der Waals surface area contributed by atoms with Gasteiger partial charge in [-0.05, 0) is 54.3 Å². The zero-order chi connectivity index (χ0) is 13.3. The molecule has 0 radical (unpaired) electrons. The average Bonchev–Trinajstić information content (AvgIpc) is 2.35. The van der Waals surface area contributed by atoms with Crippen LogP contribution >= 0.6 is 11.6 Å². The Bertz CT molecular complexity index is 581. The van der Waals surface area contributed by atoms with Crippen LogP contribution in [0, 0.1) is 19.7 Å². The first kappa shape index (κ1) is 13.1. The van der Waals surface area contributed by atoms with Crippen LogP contribution in [0.1, 0.15) is 28.3 Å². The van der Waals surface area contributed by atoms with Crippen molar-refractivity contribution in [2.24, 2.45) is 5.73 Å². The second-order valence-corrected chi connectivity index (χ2v) is 4.92. The van der Waals surface area contributed by atoms with Gasteiger partial charge in [0.25, 0.3) is 0 Å². The lowest BCUT2D eigenvalue weighted by atomic mass is 9.95. The van der Waals surface area contributed by atoms with Gasteiger partial charge in [0.05, 0.1) is 6.04 Å². The summed E-state index contributed by atoms with van der Waals surface area (Å²) in [6.45, 7) is 3.70. The molecular weight excluding hydrogens is 249 g/mol. The summed E-state index contributed by atoms with van der Waals surface area (Å²) in [4.78, 5) is 0. The van der Waals surface area contributed by atoms with E-state index in [1.54, 1.807) is 13.0 Å². The normalized spacial score (nSPS) is 12.5. The minimum absolute atomic E-state index is 0.234. The Labute approximate surface area is 111 Å². The van der Waals surface area contributed by atoms with Crippen LogP contribution < -0.4 is 5.73 Å². The monoisotopic (exact) mass is 263 g/mol. The third-order valence-electron chi connectivity index (χ3n) is 3.13. The first-order valence-corrected chi connectivity index (χ1v) is 6.14. The Hall–Kier alpha value is -1.38. The molecule has 2 N–H and O–H groups in total. The topological polar surface area (TPSA) is 26.0 Å². The van der Waals surface area contributed by atoms with Crippen molar-refractivity contribution in [1.82, 2.24) is 0 Å². The van der Waals surface area contributed by atoms with Gasteiger partial charge in [0.15, 0.2) is 0 Å². The van der Waals surface area contributed by atoms with Gasteiger partial charge < -0.3 is 5.73 Å². The van der Waals surface area contributed by atoms with E-state index in [0.717, 1.165) is 16.7 Å². The van der Waals surface area contributed by atoms with Crippen LogP contribution in [0.4, 0.5) is 4.39 Å². The molecule has 18 heavy (non-hydrogen) atoms. The average molecular weight is 264 g/mol. The second kappa shape index (κ2) is 5.09. The Morgan fingerprint density at radius 2 is 1.72 bits per heavy atom. The fourth-order valence-electron chi connectivity index (χ4n) is 1.93. The van der Waals surface area contributed by atoms with Crippen LogP contribution in [0.3, 0.4) is 0 Å². The lowest BCUT2D eigenvalue weighted by Gasteiger charge is -2.16. The van der Waals surface area contributed by atoms with Gasteiger partial charge in [-0.3, -0.25) is 0 Å². The molecule has 2 rings (SSSR count). The highest BCUT2D eigenvalue weighted by Crippen LogP contribution is 2.26. The van der Waals surface area contributed by atoms with E-state index >= 15 is 0 Å². The van der Waals surface area contributed by atoms with Gasteiger partial charge in [0.2, 0.25) is 0 Å². The van der Waals surface area contributed by atoms with Crippen LogP contribution in [-0.4, -0.2) is 0 Å². The van der Waals surface area contributed by atoms with E-state index < -0.39 is 0 Å². The SMILES string of the molecule is Cc1ccc(C(N)c2cc(Cl)ccc2C)cc1F. The van der Waals surface area contributed by atoms with E-state index in [1.807, 2.05) is 31.2 Å². The van der Waals surface area contributed by atoms with Crippen molar-refractivity contribution in [2.75, 3.05) is 0 Å². The summed E-state index contributed by atoms with van der Waals surface area (Å²) < 4.78 is 13.6. The van der Waals surface area contributed by atoms with Gasteiger partial charge in [0, 0.05) is 5.02 Å². The predicted octanol–water partition coefficient (Wildman–Crippen LogP) is 4.14. The molecule has 0 saturated heterocycles. The highest BCUT2D eigenvalue weighted by Gasteiger charge is 2.13. The Balaban J connectivity index is 2.44. The van der Waals surface area contributed by atoms with Gasteiger partial charge in [-0.15, -0.1) is 0 Å². The maximum absolute atomic E-state index is 13.6. The van der Waals surface area contributed by atoms with Crippen LogP contribution in [-0.2, 0) is 0 Å². The number of aryl methyl sites for hydroxylation is 2. The fraction of sp³-hybridized carbons (Fsp3) is 0.200. The summed E-state index contributed by atoms with van der Waals surface area (Å²) in [5, 5.41) is 0.638. The van der Waals surface area contributed by atoms with E-state index in [-0.39, 0.29) is 11.9 Å². The van der Waals surface area contributed by atoms with Crippen molar-refractivity contribution in [3.05, 3.63) is 69.5 Å². The van der Waals surface area contributed by atoms with Gasteiger partial charge >= 0.3 is 0 Å². The lowest BCUT2D eigenvalue weighted by Crippen LogP contribution is -2.13. The Morgan fingerprint density at radius 1 is 1.06 bits per heavy atom. The molecule has 0 fully saturated rings. The quantitative estimate of drug-likeness (QED) is 0.866. The van der Waals surface area contributed by atoms with Gasteiger partial charge in [-0.25, -0.2) is 4.39 Å². The summed E-state index contributed by atoms with van der Waals surface area (Å²) in [6.07, 6.45) is 0. The molecule has 1 unspecified atom stereocenters. The molecule has 0 heterocycles. The molecule has 2 aromatic rings. The summed E-state index contributed by atoms with van der Waals surface area (Å²) in [6, 6.07) is 10.3. The van der Waals surface area contributed by atoms with Crippen molar-refractivity contribution in [3.8, 4) is 0 Å². The molecule has 0 aliphatic carbocycles. The zero-order valence-corrected chi connectivity index (χ0v) is 11.1. The number of rotatable bonds is 2. The number of hydrogen-bond donors (Lipinski definition) is 1. The number of benzene rings is 2. The van der Waals surface area contributed by atoms with Gasteiger partial charge in [-0.1, -0.05) is 29.8 Å². The number of nitrogens with two attached hydrogens (primary N) is 1. The largest absolute Gasteiger partial charge is 0.320 e. The molecule has 0 bridgehead atoms. The Morgan fingerprint density at radius 3 is 2.39 bits per heavy atom. The summed E-state index contributed by atoms with van der Waals surface area (Å²) >= 11 is 5.98. The minimum Gasteiger partial charge on any atom is -0.320 e. The predicted molar refractivity (Wildman–Crippen MR) is 73.4 cm³/mol. The molecule has 0 aromatic heterocycles. The lowest BCUT2D eigenvalue weighted by molar-refractivity contribution is 0.614. The standard InChI is InChI=1S/C15H15ClFN/c1-9-4-6-12(16)8-13(9)15(18)11-5-3-10(2)14(17)7-11/h3-8,15H,18H2,1-2H3. The molecule has 0 saturated carbocycles. The molecule has 0 aliphatic heterocycles. The highest BCUT2D eigenvalue weighted by atomic mass is 35.5. The fourth-order valence-corrected chi connectivity index (χ4v) is 2.11. The highest BCUT2D eigenvalue weighted by molar-refractivity contribution is 6.30. The van der Waals surface area contributed by atoms with Gasteiger partial charge in [0.1, 0.15) is 5.82 Å².